The van der Waals surface area contributed by atoms with Gasteiger partial charge >= 0.3 is 0 Å². The number of halogens is 1. The average Bonchev–Trinajstić information content (AvgIpc) is 2.24. The summed E-state index contributed by atoms with van der Waals surface area (Å²) in [5.41, 5.74) is 0.770. The third-order valence-electron chi connectivity index (χ3n) is 2.87. The van der Waals surface area contributed by atoms with E-state index >= 15 is 0 Å². The van der Waals surface area contributed by atoms with Crippen LogP contribution in [0, 0.1) is 11.7 Å². The van der Waals surface area contributed by atoms with E-state index < -0.39 is 0 Å². The minimum absolute atomic E-state index is 0.122. The van der Waals surface area contributed by atoms with E-state index in [9.17, 15) is 4.39 Å². The minimum Gasteiger partial charge on any atom is -0.381 e. The standard InChI is InChI=1S/C12H15FOS/c13-11-4-2-1-3-9(11)7-10-8-14-6-5-12(10)15/h1-4,10,12,15H,5-8H2/t10-,12+/m0/s1. The predicted molar refractivity (Wildman–Crippen MR) is 61.8 cm³/mol. The molecule has 0 unspecified atom stereocenters. The molecule has 1 heterocycles. The number of rotatable bonds is 2. The molecule has 0 N–H and O–H groups in total. The molecule has 0 aliphatic carbocycles. The highest BCUT2D eigenvalue weighted by atomic mass is 32.1. The lowest BCUT2D eigenvalue weighted by atomic mass is 9.93. The molecule has 0 aromatic heterocycles. The highest BCUT2D eigenvalue weighted by Gasteiger charge is 2.23. The number of hydrogen-bond donors (Lipinski definition) is 1. The molecule has 1 fully saturated rings. The molecule has 1 aliphatic rings. The van der Waals surface area contributed by atoms with Crippen LogP contribution < -0.4 is 0 Å². The quantitative estimate of drug-likeness (QED) is 0.763. The molecule has 0 radical (unpaired) electrons. The third kappa shape index (κ3) is 2.73. The first-order chi connectivity index (χ1) is 7.27. The number of hydrogen-bond acceptors (Lipinski definition) is 2. The van der Waals surface area contributed by atoms with Crippen LogP contribution in [0.2, 0.25) is 0 Å². The molecule has 1 aromatic carbocycles. The maximum absolute atomic E-state index is 13.4. The van der Waals surface area contributed by atoms with Crippen molar-refractivity contribution in [2.45, 2.75) is 18.1 Å². The second-order valence-corrected chi connectivity index (χ2v) is 4.65. The van der Waals surface area contributed by atoms with Crippen LogP contribution in [0.15, 0.2) is 24.3 Å². The largest absolute Gasteiger partial charge is 0.381 e. The first kappa shape index (κ1) is 11.0. The van der Waals surface area contributed by atoms with E-state index in [1.807, 2.05) is 12.1 Å². The van der Waals surface area contributed by atoms with Gasteiger partial charge in [-0.25, -0.2) is 4.39 Å². The van der Waals surface area contributed by atoms with Crippen LogP contribution in [-0.2, 0) is 11.2 Å². The van der Waals surface area contributed by atoms with E-state index in [1.165, 1.54) is 6.07 Å². The maximum atomic E-state index is 13.4. The number of ether oxygens (including phenoxy) is 1. The summed E-state index contributed by atoms with van der Waals surface area (Å²) in [5.74, 6) is 0.211. The molecule has 2 rings (SSSR count). The lowest BCUT2D eigenvalue weighted by molar-refractivity contribution is 0.0594. The summed E-state index contributed by atoms with van der Waals surface area (Å²) in [6.45, 7) is 1.48. The lowest BCUT2D eigenvalue weighted by Gasteiger charge is -2.28. The van der Waals surface area contributed by atoms with E-state index in [0.29, 0.717) is 17.8 Å². The fourth-order valence-corrected chi connectivity index (χ4v) is 2.22. The Labute approximate surface area is 95.0 Å². The molecule has 0 spiro atoms. The van der Waals surface area contributed by atoms with Gasteiger partial charge in [0.15, 0.2) is 0 Å². The van der Waals surface area contributed by atoms with Crippen LogP contribution >= 0.6 is 12.6 Å². The summed E-state index contributed by atoms with van der Waals surface area (Å²) in [5, 5.41) is 0.332. The van der Waals surface area contributed by atoms with Crippen molar-refractivity contribution in [2.75, 3.05) is 13.2 Å². The van der Waals surface area contributed by atoms with Crippen LogP contribution in [0.25, 0.3) is 0 Å². The average molecular weight is 226 g/mol. The predicted octanol–water partition coefficient (Wildman–Crippen LogP) is 2.70. The van der Waals surface area contributed by atoms with Crippen LogP contribution in [-0.4, -0.2) is 18.5 Å². The molecule has 2 atom stereocenters. The summed E-state index contributed by atoms with van der Waals surface area (Å²) in [6.07, 6.45) is 1.68. The Balaban J connectivity index is 2.04. The Morgan fingerprint density at radius 2 is 2.20 bits per heavy atom. The van der Waals surface area contributed by atoms with Gasteiger partial charge in [0, 0.05) is 11.9 Å². The molecule has 1 aromatic rings. The number of thiol groups is 1. The molecule has 0 saturated carbocycles. The Bertz CT molecular complexity index is 329. The molecule has 82 valence electrons. The zero-order valence-electron chi connectivity index (χ0n) is 8.53. The van der Waals surface area contributed by atoms with E-state index in [-0.39, 0.29) is 5.82 Å². The summed E-state index contributed by atoms with van der Waals surface area (Å²) >= 11 is 4.52. The summed E-state index contributed by atoms with van der Waals surface area (Å²) in [4.78, 5) is 0. The van der Waals surface area contributed by atoms with Gasteiger partial charge in [-0.05, 0) is 30.4 Å². The molecule has 1 aliphatic heterocycles. The summed E-state index contributed by atoms with van der Waals surface area (Å²) in [6, 6.07) is 6.93. The van der Waals surface area contributed by atoms with Gasteiger partial charge in [-0.15, -0.1) is 0 Å². The topological polar surface area (TPSA) is 9.23 Å². The smallest absolute Gasteiger partial charge is 0.126 e. The van der Waals surface area contributed by atoms with Gasteiger partial charge in [-0.2, -0.15) is 12.6 Å². The van der Waals surface area contributed by atoms with Crippen molar-refractivity contribution < 1.29 is 9.13 Å². The van der Waals surface area contributed by atoms with Crippen molar-refractivity contribution in [3.63, 3.8) is 0 Å². The molecule has 0 amide bonds. The molecule has 0 bridgehead atoms. The molecular formula is C12H15FOS. The first-order valence-corrected chi connectivity index (χ1v) is 5.78. The fraction of sp³-hybridized carbons (Fsp3) is 0.500. The second kappa shape index (κ2) is 4.99. The van der Waals surface area contributed by atoms with E-state index in [1.54, 1.807) is 6.07 Å². The first-order valence-electron chi connectivity index (χ1n) is 5.26. The van der Waals surface area contributed by atoms with Crippen molar-refractivity contribution >= 4 is 12.6 Å². The van der Waals surface area contributed by atoms with Crippen molar-refractivity contribution in [2.24, 2.45) is 5.92 Å². The highest BCUT2D eigenvalue weighted by Crippen LogP contribution is 2.24. The van der Waals surface area contributed by atoms with Crippen molar-refractivity contribution in [3.05, 3.63) is 35.6 Å². The van der Waals surface area contributed by atoms with Gasteiger partial charge in [0.25, 0.3) is 0 Å². The van der Waals surface area contributed by atoms with Crippen LogP contribution in [0.3, 0.4) is 0 Å². The van der Waals surface area contributed by atoms with Crippen LogP contribution in [0.1, 0.15) is 12.0 Å². The normalized spacial score (nSPS) is 26.5. The number of benzene rings is 1. The molecule has 15 heavy (non-hydrogen) atoms. The van der Waals surface area contributed by atoms with Crippen LogP contribution in [0.5, 0.6) is 0 Å². The molecule has 1 nitrogen and oxygen atoms in total. The van der Waals surface area contributed by atoms with E-state index in [2.05, 4.69) is 12.6 Å². The Kier molecular flexibility index (Phi) is 3.65. The minimum atomic E-state index is -0.122. The molecule has 1 saturated heterocycles. The van der Waals surface area contributed by atoms with Gasteiger partial charge < -0.3 is 4.74 Å². The zero-order valence-corrected chi connectivity index (χ0v) is 9.42. The Morgan fingerprint density at radius 3 is 2.93 bits per heavy atom. The van der Waals surface area contributed by atoms with Gasteiger partial charge in [0.2, 0.25) is 0 Å². The van der Waals surface area contributed by atoms with E-state index in [4.69, 9.17) is 4.74 Å². The lowest BCUT2D eigenvalue weighted by Crippen LogP contribution is -2.30. The second-order valence-electron chi connectivity index (χ2n) is 3.99. The third-order valence-corrected chi connectivity index (χ3v) is 3.55. The fourth-order valence-electron chi connectivity index (χ4n) is 1.93. The van der Waals surface area contributed by atoms with Crippen molar-refractivity contribution in [1.29, 1.82) is 0 Å². The highest BCUT2D eigenvalue weighted by molar-refractivity contribution is 7.81. The van der Waals surface area contributed by atoms with Gasteiger partial charge in [-0.1, -0.05) is 18.2 Å². The van der Waals surface area contributed by atoms with Gasteiger partial charge in [0.1, 0.15) is 5.82 Å². The SMILES string of the molecule is Fc1ccccc1C[C@H]1COCC[C@H]1S. The van der Waals surface area contributed by atoms with Gasteiger partial charge in [0.05, 0.1) is 6.61 Å². The summed E-state index contributed by atoms with van der Waals surface area (Å²) in [7, 11) is 0. The summed E-state index contributed by atoms with van der Waals surface area (Å²) < 4.78 is 18.8. The molecular weight excluding hydrogens is 211 g/mol. The Hall–Kier alpha value is -0.540. The van der Waals surface area contributed by atoms with E-state index in [0.717, 1.165) is 25.0 Å². The van der Waals surface area contributed by atoms with Crippen molar-refractivity contribution in [1.82, 2.24) is 0 Å². The molecule has 3 heteroatoms. The van der Waals surface area contributed by atoms with Crippen LogP contribution in [0.4, 0.5) is 4.39 Å². The Morgan fingerprint density at radius 1 is 1.40 bits per heavy atom. The monoisotopic (exact) mass is 226 g/mol. The zero-order chi connectivity index (χ0) is 10.7. The van der Waals surface area contributed by atoms with Crippen molar-refractivity contribution in [3.8, 4) is 0 Å². The maximum Gasteiger partial charge on any atom is 0.126 e. The van der Waals surface area contributed by atoms with Gasteiger partial charge in [-0.3, -0.25) is 0 Å².